The van der Waals surface area contributed by atoms with Crippen LogP contribution in [0.1, 0.15) is 5.56 Å². The zero-order chi connectivity index (χ0) is 14.0. The summed E-state index contributed by atoms with van der Waals surface area (Å²) in [6.07, 6.45) is -5.11. The van der Waals surface area contributed by atoms with Crippen LogP contribution in [0.25, 0.3) is 11.1 Å². The van der Waals surface area contributed by atoms with Gasteiger partial charge in [0.05, 0.1) is 6.42 Å². The molecular formula is C14H9Br2F3. The Labute approximate surface area is 125 Å². The van der Waals surface area contributed by atoms with Gasteiger partial charge in [-0.05, 0) is 41.0 Å². The fourth-order valence-electron chi connectivity index (χ4n) is 1.79. The molecule has 2 aromatic rings. The predicted molar refractivity (Wildman–Crippen MR) is 77.0 cm³/mol. The van der Waals surface area contributed by atoms with Crippen molar-refractivity contribution in [3.63, 3.8) is 0 Å². The maximum Gasteiger partial charge on any atom is 0.393 e. The minimum Gasteiger partial charge on any atom is -0.171 e. The van der Waals surface area contributed by atoms with Gasteiger partial charge >= 0.3 is 6.18 Å². The first kappa shape index (κ1) is 14.6. The van der Waals surface area contributed by atoms with Gasteiger partial charge in [-0.3, -0.25) is 0 Å². The molecule has 0 aliphatic heterocycles. The van der Waals surface area contributed by atoms with Gasteiger partial charge in [0.2, 0.25) is 0 Å². The molecule has 0 aliphatic rings. The Balaban J connectivity index is 2.43. The highest BCUT2D eigenvalue weighted by atomic mass is 79.9. The molecule has 0 saturated heterocycles. The highest BCUT2D eigenvalue weighted by Crippen LogP contribution is 2.32. The molecule has 0 aromatic heterocycles. The summed E-state index contributed by atoms with van der Waals surface area (Å²) in [5.74, 6) is 0. The average Bonchev–Trinajstić information content (AvgIpc) is 2.30. The Bertz CT molecular complexity index is 591. The summed E-state index contributed by atoms with van der Waals surface area (Å²) in [6, 6.07) is 12.2. The van der Waals surface area contributed by atoms with Gasteiger partial charge in [-0.1, -0.05) is 50.1 Å². The smallest absolute Gasteiger partial charge is 0.171 e. The van der Waals surface area contributed by atoms with Crippen LogP contribution in [0.5, 0.6) is 0 Å². The third kappa shape index (κ3) is 4.08. The minimum atomic E-state index is -4.19. The summed E-state index contributed by atoms with van der Waals surface area (Å²) >= 11 is 6.73. The van der Waals surface area contributed by atoms with Crippen LogP contribution in [0.2, 0.25) is 0 Å². The average molecular weight is 394 g/mol. The molecule has 0 aliphatic carbocycles. The van der Waals surface area contributed by atoms with Crippen LogP contribution in [0.3, 0.4) is 0 Å². The number of hydrogen-bond donors (Lipinski definition) is 0. The Morgan fingerprint density at radius 1 is 0.947 bits per heavy atom. The van der Waals surface area contributed by atoms with Crippen molar-refractivity contribution in [2.45, 2.75) is 12.6 Å². The van der Waals surface area contributed by atoms with Crippen molar-refractivity contribution in [2.75, 3.05) is 0 Å². The van der Waals surface area contributed by atoms with Crippen molar-refractivity contribution in [1.82, 2.24) is 0 Å². The van der Waals surface area contributed by atoms with Gasteiger partial charge in [-0.25, -0.2) is 0 Å². The van der Waals surface area contributed by atoms with Crippen molar-refractivity contribution in [2.24, 2.45) is 0 Å². The molecule has 0 nitrogen and oxygen atoms in total. The Kier molecular flexibility index (Phi) is 4.36. The van der Waals surface area contributed by atoms with E-state index in [2.05, 4.69) is 31.9 Å². The van der Waals surface area contributed by atoms with Crippen LogP contribution in [-0.4, -0.2) is 6.18 Å². The van der Waals surface area contributed by atoms with Crippen molar-refractivity contribution >= 4 is 31.9 Å². The molecule has 0 bridgehead atoms. The van der Waals surface area contributed by atoms with Crippen molar-refractivity contribution in [3.05, 3.63) is 57.0 Å². The first-order chi connectivity index (χ1) is 8.85. The lowest BCUT2D eigenvalue weighted by Gasteiger charge is -2.10. The molecule has 2 rings (SSSR count). The number of halogens is 5. The summed E-state index contributed by atoms with van der Waals surface area (Å²) in [5, 5.41) is 0. The van der Waals surface area contributed by atoms with E-state index >= 15 is 0 Å². The highest BCUT2D eigenvalue weighted by molar-refractivity contribution is 9.10. The van der Waals surface area contributed by atoms with E-state index in [1.165, 1.54) is 6.07 Å². The van der Waals surface area contributed by atoms with Gasteiger partial charge < -0.3 is 0 Å². The molecule has 5 heteroatoms. The van der Waals surface area contributed by atoms with Crippen molar-refractivity contribution in [3.8, 4) is 11.1 Å². The van der Waals surface area contributed by atoms with E-state index in [-0.39, 0.29) is 5.56 Å². The normalized spacial score (nSPS) is 11.6. The number of benzene rings is 2. The zero-order valence-electron chi connectivity index (χ0n) is 9.64. The van der Waals surface area contributed by atoms with Crippen LogP contribution >= 0.6 is 31.9 Å². The Hall–Kier alpha value is -0.810. The predicted octanol–water partition coefficient (Wildman–Crippen LogP) is 5.98. The first-order valence-corrected chi connectivity index (χ1v) is 7.05. The maximum atomic E-state index is 12.4. The highest BCUT2D eigenvalue weighted by Gasteiger charge is 2.27. The second-order valence-electron chi connectivity index (χ2n) is 4.12. The lowest BCUT2D eigenvalue weighted by atomic mass is 10.0. The topological polar surface area (TPSA) is 0 Å². The van der Waals surface area contributed by atoms with E-state index in [0.717, 1.165) is 20.1 Å². The molecule has 0 heterocycles. The molecule has 0 saturated carbocycles. The maximum absolute atomic E-state index is 12.4. The second-order valence-corrected chi connectivity index (χ2v) is 5.89. The molecule has 0 radical (unpaired) electrons. The third-order valence-corrected chi connectivity index (χ3v) is 3.76. The van der Waals surface area contributed by atoms with Crippen LogP contribution < -0.4 is 0 Å². The zero-order valence-corrected chi connectivity index (χ0v) is 12.8. The molecule has 19 heavy (non-hydrogen) atoms. The van der Waals surface area contributed by atoms with E-state index < -0.39 is 12.6 Å². The molecule has 0 amide bonds. The fraction of sp³-hybridized carbons (Fsp3) is 0.143. The van der Waals surface area contributed by atoms with Gasteiger partial charge in [0.15, 0.2) is 0 Å². The summed E-state index contributed by atoms with van der Waals surface area (Å²) < 4.78 is 38.9. The largest absolute Gasteiger partial charge is 0.393 e. The number of alkyl halides is 3. The molecule has 0 unspecified atom stereocenters. The quantitative estimate of drug-likeness (QED) is 0.588. The van der Waals surface area contributed by atoms with Gasteiger partial charge in [-0.15, -0.1) is 0 Å². The summed E-state index contributed by atoms with van der Waals surface area (Å²) in [5.41, 5.74) is 1.87. The van der Waals surface area contributed by atoms with E-state index in [1.54, 1.807) is 12.1 Å². The summed E-state index contributed by atoms with van der Waals surface area (Å²) in [4.78, 5) is 0. The first-order valence-electron chi connectivity index (χ1n) is 5.46. The van der Waals surface area contributed by atoms with E-state index in [1.807, 2.05) is 24.3 Å². The molecule has 0 fully saturated rings. The van der Waals surface area contributed by atoms with E-state index in [0.29, 0.717) is 0 Å². The number of hydrogen-bond acceptors (Lipinski definition) is 0. The van der Waals surface area contributed by atoms with Crippen LogP contribution in [0, 0.1) is 0 Å². The molecule has 100 valence electrons. The van der Waals surface area contributed by atoms with Gasteiger partial charge in [0.25, 0.3) is 0 Å². The van der Waals surface area contributed by atoms with Crippen LogP contribution in [0.15, 0.2) is 51.4 Å². The minimum absolute atomic E-state index is 0.255. The summed E-state index contributed by atoms with van der Waals surface area (Å²) in [7, 11) is 0. The van der Waals surface area contributed by atoms with Crippen molar-refractivity contribution in [1.29, 1.82) is 0 Å². The fourth-order valence-corrected chi connectivity index (χ4v) is 2.67. The summed E-state index contributed by atoms with van der Waals surface area (Å²) in [6.45, 7) is 0. The number of rotatable bonds is 2. The molecule has 0 N–H and O–H groups in total. The molecule has 0 atom stereocenters. The van der Waals surface area contributed by atoms with E-state index in [4.69, 9.17) is 0 Å². The lowest BCUT2D eigenvalue weighted by Crippen LogP contribution is -2.11. The van der Waals surface area contributed by atoms with E-state index in [9.17, 15) is 13.2 Å². The van der Waals surface area contributed by atoms with Crippen LogP contribution in [0.4, 0.5) is 13.2 Å². The van der Waals surface area contributed by atoms with Gasteiger partial charge in [0.1, 0.15) is 0 Å². The van der Waals surface area contributed by atoms with Crippen molar-refractivity contribution < 1.29 is 13.2 Å². The second kappa shape index (κ2) is 5.67. The van der Waals surface area contributed by atoms with Gasteiger partial charge in [-0.2, -0.15) is 13.2 Å². The SMILES string of the molecule is FC(F)(F)Cc1ccc(Br)c(-c2cccc(Br)c2)c1. The molecule has 2 aromatic carbocycles. The Morgan fingerprint density at radius 2 is 1.68 bits per heavy atom. The van der Waals surface area contributed by atoms with Gasteiger partial charge in [0, 0.05) is 8.95 Å². The molecule has 0 spiro atoms. The molecular weight excluding hydrogens is 385 g/mol. The third-order valence-electron chi connectivity index (χ3n) is 2.57. The standard InChI is InChI=1S/C14H9Br2F3/c15-11-3-1-2-10(7-11)12-6-9(4-5-13(12)16)8-14(17,18)19/h1-7H,8H2. The monoisotopic (exact) mass is 392 g/mol. The lowest BCUT2D eigenvalue weighted by molar-refractivity contribution is -0.127. The van der Waals surface area contributed by atoms with Crippen LogP contribution in [-0.2, 0) is 6.42 Å². The Morgan fingerprint density at radius 3 is 2.32 bits per heavy atom.